The quantitative estimate of drug-likeness (QED) is 0.527. The molecule has 37 heavy (non-hydrogen) atoms. The van der Waals surface area contributed by atoms with Crippen LogP contribution in [0, 0.1) is 5.92 Å². The van der Waals surface area contributed by atoms with Gasteiger partial charge in [-0.1, -0.05) is 12.1 Å². The van der Waals surface area contributed by atoms with Gasteiger partial charge in [-0.15, -0.1) is 0 Å². The number of ether oxygens (including phenoxy) is 4. The molecule has 2 aromatic rings. The molecule has 0 unspecified atom stereocenters. The Hall–Kier alpha value is -3.75. The van der Waals surface area contributed by atoms with Gasteiger partial charge in [-0.25, -0.2) is 0 Å². The summed E-state index contributed by atoms with van der Waals surface area (Å²) in [5.41, 5.74) is 1.82. The normalized spacial score (nSPS) is 19.8. The van der Waals surface area contributed by atoms with Crippen LogP contribution in [0.5, 0.6) is 17.2 Å². The summed E-state index contributed by atoms with van der Waals surface area (Å²) < 4.78 is 21.5. The van der Waals surface area contributed by atoms with Crippen LogP contribution in [-0.2, 0) is 14.3 Å². The molecule has 2 aromatic carbocycles. The molecule has 0 N–H and O–H groups in total. The van der Waals surface area contributed by atoms with Gasteiger partial charge in [-0.05, 0) is 55.2 Å². The maximum Gasteiger partial charge on any atom is 0.309 e. The number of benzene rings is 2. The predicted octanol–water partition coefficient (Wildman–Crippen LogP) is 3.42. The topological polar surface area (TPSA) is 94.6 Å². The first-order chi connectivity index (χ1) is 17.8. The van der Waals surface area contributed by atoms with Crippen LogP contribution >= 0.6 is 0 Å². The highest BCUT2D eigenvalue weighted by atomic mass is 16.5. The van der Waals surface area contributed by atoms with E-state index in [0.29, 0.717) is 60.9 Å². The van der Waals surface area contributed by atoms with E-state index in [1.165, 1.54) is 14.2 Å². The summed E-state index contributed by atoms with van der Waals surface area (Å²) in [7, 11) is 6.34. The van der Waals surface area contributed by atoms with Crippen LogP contribution in [0.25, 0.3) is 0 Å². The van der Waals surface area contributed by atoms with E-state index in [0.717, 1.165) is 5.56 Å². The fourth-order valence-electron chi connectivity index (χ4n) is 5.32. The van der Waals surface area contributed by atoms with Crippen molar-refractivity contribution in [1.29, 1.82) is 0 Å². The van der Waals surface area contributed by atoms with Crippen molar-refractivity contribution in [3.63, 3.8) is 0 Å². The zero-order chi connectivity index (χ0) is 26.7. The lowest BCUT2D eigenvalue weighted by atomic mass is 9.78. The number of piperidine rings is 1. The summed E-state index contributed by atoms with van der Waals surface area (Å²) in [6.45, 7) is 3.01. The van der Waals surface area contributed by atoms with Crippen molar-refractivity contribution in [2.24, 2.45) is 5.92 Å². The second kappa shape index (κ2) is 11.1. The van der Waals surface area contributed by atoms with Crippen LogP contribution in [0.3, 0.4) is 0 Å². The first-order valence-corrected chi connectivity index (χ1v) is 12.5. The molecule has 0 saturated carbocycles. The molecule has 9 nitrogen and oxygen atoms in total. The average Bonchev–Trinajstić information content (AvgIpc) is 2.94. The second-order valence-electron chi connectivity index (χ2n) is 9.26. The highest BCUT2D eigenvalue weighted by Crippen LogP contribution is 2.46. The molecule has 2 atom stereocenters. The average molecular weight is 511 g/mol. The van der Waals surface area contributed by atoms with Gasteiger partial charge in [0.2, 0.25) is 5.91 Å². The molecule has 0 bridgehead atoms. The molecule has 0 radical (unpaired) electrons. The van der Waals surface area contributed by atoms with E-state index in [4.69, 9.17) is 18.9 Å². The molecular formula is C28H34N2O7. The minimum atomic E-state index is -0.676. The third-order valence-electron chi connectivity index (χ3n) is 7.32. The number of carbonyl (C=O) groups excluding carboxylic acids is 3. The lowest BCUT2D eigenvalue weighted by Crippen LogP contribution is -2.49. The Bertz CT molecular complexity index is 1160. The molecule has 2 amide bonds. The van der Waals surface area contributed by atoms with Gasteiger partial charge < -0.3 is 28.7 Å². The molecule has 1 saturated heterocycles. The smallest absolute Gasteiger partial charge is 0.309 e. The number of carbonyl (C=O) groups is 3. The van der Waals surface area contributed by atoms with Gasteiger partial charge in [0.05, 0.1) is 45.8 Å². The number of methoxy groups -OCH3 is 3. The van der Waals surface area contributed by atoms with Crippen molar-refractivity contribution in [3.8, 4) is 17.2 Å². The zero-order valence-corrected chi connectivity index (χ0v) is 22.0. The number of likely N-dealkylation sites (N-methyl/N-ethyl adjacent to an activating group) is 1. The number of amides is 2. The van der Waals surface area contributed by atoms with Crippen LogP contribution < -0.4 is 14.2 Å². The first kappa shape index (κ1) is 26.3. The maximum atomic E-state index is 14.2. The largest absolute Gasteiger partial charge is 0.497 e. The second-order valence-corrected chi connectivity index (χ2v) is 9.26. The van der Waals surface area contributed by atoms with E-state index in [1.54, 1.807) is 43.0 Å². The van der Waals surface area contributed by atoms with Gasteiger partial charge in [-0.3, -0.25) is 14.4 Å². The minimum absolute atomic E-state index is 0.101. The van der Waals surface area contributed by atoms with Gasteiger partial charge in [-0.2, -0.15) is 0 Å². The molecule has 2 aliphatic rings. The van der Waals surface area contributed by atoms with E-state index in [9.17, 15) is 14.4 Å². The fourth-order valence-corrected chi connectivity index (χ4v) is 5.32. The van der Waals surface area contributed by atoms with Crippen molar-refractivity contribution >= 4 is 17.8 Å². The van der Waals surface area contributed by atoms with Gasteiger partial charge in [0.1, 0.15) is 5.75 Å². The summed E-state index contributed by atoms with van der Waals surface area (Å²) in [6, 6.07) is 10.3. The lowest BCUT2D eigenvalue weighted by molar-refractivity contribution is -0.151. The number of esters is 1. The maximum absolute atomic E-state index is 14.2. The fraction of sp³-hybridized carbons (Fsp3) is 0.464. The van der Waals surface area contributed by atoms with Gasteiger partial charge in [0, 0.05) is 25.7 Å². The summed E-state index contributed by atoms with van der Waals surface area (Å²) >= 11 is 0. The summed E-state index contributed by atoms with van der Waals surface area (Å²) in [5.74, 6) is 0.148. The predicted molar refractivity (Wildman–Crippen MR) is 136 cm³/mol. The summed E-state index contributed by atoms with van der Waals surface area (Å²) in [4.78, 5) is 43.4. The molecule has 2 aliphatic heterocycles. The van der Waals surface area contributed by atoms with Gasteiger partial charge in [0.25, 0.3) is 5.91 Å². The number of likely N-dealkylation sites (tertiary alicyclic amines) is 1. The Kier molecular flexibility index (Phi) is 7.90. The Morgan fingerprint density at radius 2 is 1.57 bits per heavy atom. The molecule has 9 heteroatoms. The van der Waals surface area contributed by atoms with Crippen LogP contribution in [0.4, 0.5) is 0 Å². The van der Waals surface area contributed by atoms with Gasteiger partial charge in [0.15, 0.2) is 11.5 Å². The lowest BCUT2D eigenvalue weighted by Gasteiger charge is -2.43. The van der Waals surface area contributed by atoms with Crippen molar-refractivity contribution < 1.29 is 33.3 Å². The highest BCUT2D eigenvalue weighted by molar-refractivity contribution is 6.02. The molecule has 0 aromatic heterocycles. The van der Waals surface area contributed by atoms with Gasteiger partial charge >= 0.3 is 5.97 Å². The van der Waals surface area contributed by atoms with Crippen LogP contribution in [0.1, 0.15) is 53.2 Å². The van der Waals surface area contributed by atoms with Crippen LogP contribution in [0.15, 0.2) is 36.4 Å². The van der Waals surface area contributed by atoms with E-state index in [1.807, 2.05) is 24.3 Å². The third-order valence-corrected chi connectivity index (χ3v) is 7.32. The molecule has 0 spiro atoms. The molecule has 0 aliphatic carbocycles. The van der Waals surface area contributed by atoms with Crippen molar-refractivity contribution in [1.82, 2.24) is 9.80 Å². The Balaban J connectivity index is 1.76. The SMILES string of the molecule is CCOC(=O)C1CCN(C(=O)[C@H]2c3cc(OC)c(OC)cc3C(=O)N(C)[C@H]2c2ccc(OC)cc2)CC1. The van der Waals surface area contributed by atoms with Crippen molar-refractivity contribution in [2.45, 2.75) is 31.7 Å². The zero-order valence-electron chi connectivity index (χ0n) is 22.0. The number of hydrogen-bond donors (Lipinski definition) is 0. The summed E-state index contributed by atoms with van der Waals surface area (Å²) in [6.07, 6.45) is 1.08. The monoisotopic (exact) mass is 510 g/mol. The first-order valence-electron chi connectivity index (χ1n) is 12.5. The minimum Gasteiger partial charge on any atom is -0.497 e. The number of fused-ring (bicyclic) bond motifs is 1. The summed E-state index contributed by atoms with van der Waals surface area (Å²) in [5, 5.41) is 0. The van der Waals surface area contributed by atoms with Crippen LogP contribution in [-0.4, -0.2) is 75.7 Å². The van der Waals surface area contributed by atoms with E-state index in [2.05, 4.69) is 0 Å². The van der Waals surface area contributed by atoms with E-state index < -0.39 is 12.0 Å². The molecule has 1 fully saturated rings. The number of hydrogen-bond acceptors (Lipinski definition) is 7. The van der Waals surface area contributed by atoms with Crippen LogP contribution in [0.2, 0.25) is 0 Å². The van der Waals surface area contributed by atoms with E-state index in [-0.39, 0.29) is 23.7 Å². The third kappa shape index (κ3) is 4.95. The number of rotatable bonds is 7. The molecule has 2 heterocycles. The number of nitrogens with zero attached hydrogens (tertiary/aromatic N) is 2. The highest BCUT2D eigenvalue weighted by Gasteiger charge is 2.45. The van der Waals surface area contributed by atoms with Crippen molar-refractivity contribution in [3.05, 3.63) is 53.1 Å². The molecule has 198 valence electrons. The Morgan fingerprint density at radius 1 is 0.946 bits per heavy atom. The van der Waals surface area contributed by atoms with Crippen molar-refractivity contribution in [2.75, 3.05) is 48.1 Å². The molecular weight excluding hydrogens is 476 g/mol. The standard InChI is InChI=1S/C28H34N2O7/c1-6-37-28(33)18-11-13-30(14-12-18)27(32)24-20-15-22(35-4)23(36-5)16-21(20)26(31)29(2)25(24)17-7-9-19(34-3)10-8-17/h7-10,15-16,18,24-25H,6,11-14H2,1-5H3/t24-,25-/m0/s1. The molecule has 4 rings (SSSR count). The van der Waals surface area contributed by atoms with E-state index >= 15 is 0 Å². The Morgan fingerprint density at radius 3 is 2.14 bits per heavy atom. The Labute approximate surface area is 217 Å².